The van der Waals surface area contributed by atoms with Crippen molar-refractivity contribution in [3.8, 4) is 0 Å². The summed E-state index contributed by atoms with van der Waals surface area (Å²) in [6.45, 7) is 6.14. The van der Waals surface area contributed by atoms with Gasteiger partial charge in [0.1, 0.15) is 17.5 Å². The van der Waals surface area contributed by atoms with Crippen LogP contribution in [0.2, 0.25) is 0 Å². The van der Waals surface area contributed by atoms with Gasteiger partial charge in [-0.3, -0.25) is 0 Å². The summed E-state index contributed by atoms with van der Waals surface area (Å²) in [6, 6.07) is 0.366. The van der Waals surface area contributed by atoms with Gasteiger partial charge in [-0.05, 0) is 33.6 Å². The number of nitrogens with one attached hydrogen (secondary N) is 1. The molecular weight excluding hydrogens is 188 g/mol. The zero-order chi connectivity index (χ0) is 11.0. The Morgan fingerprint density at radius 2 is 2.00 bits per heavy atom. The zero-order valence-corrected chi connectivity index (χ0v) is 9.54. The largest absolute Gasteiger partial charge is 0.383 e. The van der Waals surface area contributed by atoms with Crippen LogP contribution < -0.4 is 11.1 Å². The van der Waals surface area contributed by atoms with E-state index in [1.165, 1.54) is 12.8 Å². The lowest BCUT2D eigenvalue weighted by Crippen LogP contribution is -2.15. The SMILES string of the molecule is Cc1c(N)nc(C2CC2)nc1NC(C)C. The van der Waals surface area contributed by atoms with Gasteiger partial charge in [-0.1, -0.05) is 0 Å². The molecule has 15 heavy (non-hydrogen) atoms. The third-order valence-corrected chi connectivity index (χ3v) is 2.57. The van der Waals surface area contributed by atoms with Gasteiger partial charge in [0, 0.05) is 17.5 Å². The number of hydrogen-bond donors (Lipinski definition) is 2. The van der Waals surface area contributed by atoms with Crippen LogP contribution in [0.25, 0.3) is 0 Å². The van der Waals surface area contributed by atoms with Gasteiger partial charge in [0.25, 0.3) is 0 Å². The Kier molecular flexibility index (Phi) is 2.50. The molecule has 0 radical (unpaired) electrons. The Morgan fingerprint density at radius 1 is 1.33 bits per heavy atom. The van der Waals surface area contributed by atoms with E-state index in [-0.39, 0.29) is 0 Å². The molecule has 1 aromatic rings. The van der Waals surface area contributed by atoms with Gasteiger partial charge in [-0.25, -0.2) is 9.97 Å². The predicted molar refractivity (Wildman–Crippen MR) is 61.9 cm³/mol. The highest BCUT2D eigenvalue weighted by Gasteiger charge is 2.27. The van der Waals surface area contributed by atoms with Crippen LogP contribution in [0, 0.1) is 6.92 Å². The Labute approximate surface area is 90.3 Å². The molecule has 4 nitrogen and oxygen atoms in total. The molecule has 0 amide bonds. The molecule has 0 saturated heterocycles. The Bertz CT molecular complexity index is 369. The van der Waals surface area contributed by atoms with Crippen LogP contribution in [0.3, 0.4) is 0 Å². The summed E-state index contributed by atoms with van der Waals surface area (Å²) in [4.78, 5) is 8.86. The van der Waals surface area contributed by atoms with Crippen molar-refractivity contribution in [2.75, 3.05) is 11.1 Å². The number of hydrogen-bond acceptors (Lipinski definition) is 4. The maximum Gasteiger partial charge on any atom is 0.136 e. The van der Waals surface area contributed by atoms with E-state index in [1.54, 1.807) is 0 Å². The van der Waals surface area contributed by atoms with E-state index in [0.29, 0.717) is 17.8 Å². The smallest absolute Gasteiger partial charge is 0.136 e. The lowest BCUT2D eigenvalue weighted by Gasteiger charge is -2.14. The molecule has 0 aromatic carbocycles. The second kappa shape index (κ2) is 3.68. The van der Waals surface area contributed by atoms with Crippen molar-refractivity contribution in [3.05, 3.63) is 11.4 Å². The van der Waals surface area contributed by atoms with Crippen LogP contribution in [0.15, 0.2) is 0 Å². The molecule has 0 aliphatic heterocycles. The fraction of sp³-hybridized carbons (Fsp3) is 0.636. The number of anilines is 2. The van der Waals surface area contributed by atoms with Crippen molar-refractivity contribution in [2.45, 2.75) is 45.6 Å². The molecule has 1 aromatic heterocycles. The first kappa shape index (κ1) is 10.2. The van der Waals surface area contributed by atoms with Crippen LogP contribution in [0.4, 0.5) is 11.6 Å². The van der Waals surface area contributed by atoms with Gasteiger partial charge in [-0.15, -0.1) is 0 Å². The third kappa shape index (κ3) is 2.19. The average Bonchev–Trinajstić information content (AvgIpc) is 2.94. The first-order valence-corrected chi connectivity index (χ1v) is 5.48. The summed E-state index contributed by atoms with van der Waals surface area (Å²) in [7, 11) is 0. The maximum absolute atomic E-state index is 5.87. The molecule has 1 aliphatic carbocycles. The number of aromatic nitrogens is 2. The summed E-state index contributed by atoms with van der Waals surface area (Å²) < 4.78 is 0. The molecule has 1 saturated carbocycles. The molecule has 1 fully saturated rings. The number of nitrogens with zero attached hydrogens (tertiary/aromatic N) is 2. The molecule has 0 unspecified atom stereocenters. The second-order valence-corrected chi connectivity index (χ2v) is 4.51. The number of nitrogen functional groups attached to an aromatic ring is 1. The van der Waals surface area contributed by atoms with Gasteiger partial charge < -0.3 is 11.1 Å². The summed E-state index contributed by atoms with van der Waals surface area (Å²) >= 11 is 0. The van der Waals surface area contributed by atoms with Crippen molar-refractivity contribution >= 4 is 11.6 Å². The molecule has 0 atom stereocenters. The minimum Gasteiger partial charge on any atom is -0.383 e. The minimum atomic E-state index is 0.366. The molecule has 0 spiro atoms. The fourth-order valence-electron chi connectivity index (χ4n) is 1.49. The van der Waals surface area contributed by atoms with Crippen molar-refractivity contribution in [3.63, 3.8) is 0 Å². The molecule has 3 N–H and O–H groups in total. The van der Waals surface area contributed by atoms with Crippen molar-refractivity contribution in [1.29, 1.82) is 0 Å². The fourth-order valence-corrected chi connectivity index (χ4v) is 1.49. The van der Waals surface area contributed by atoms with Gasteiger partial charge in [0.15, 0.2) is 0 Å². The monoisotopic (exact) mass is 206 g/mol. The predicted octanol–water partition coefficient (Wildman–Crippen LogP) is 2.06. The number of nitrogens with two attached hydrogens (primary N) is 1. The average molecular weight is 206 g/mol. The van der Waals surface area contributed by atoms with Crippen LogP contribution >= 0.6 is 0 Å². The topological polar surface area (TPSA) is 63.8 Å². The molecule has 4 heteroatoms. The highest BCUT2D eigenvalue weighted by Crippen LogP contribution is 2.39. The van der Waals surface area contributed by atoms with Gasteiger partial charge in [0.2, 0.25) is 0 Å². The Hall–Kier alpha value is -1.32. The van der Waals surface area contributed by atoms with Gasteiger partial charge >= 0.3 is 0 Å². The normalized spacial score (nSPS) is 15.7. The minimum absolute atomic E-state index is 0.366. The summed E-state index contributed by atoms with van der Waals surface area (Å²) in [5, 5.41) is 3.31. The second-order valence-electron chi connectivity index (χ2n) is 4.51. The van der Waals surface area contributed by atoms with Gasteiger partial charge in [-0.2, -0.15) is 0 Å². The summed E-state index contributed by atoms with van der Waals surface area (Å²) in [5.74, 6) is 2.94. The standard InChI is InChI=1S/C11H18N4/c1-6(2)13-10-7(3)9(12)14-11(15-10)8-4-5-8/h6,8H,4-5H2,1-3H3,(H3,12,13,14,15). The summed E-state index contributed by atoms with van der Waals surface area (Å²) in [5.41, 5.74) is 6.82. The first-order chi connectivity index (χ1) is 7.08. The van der Waals surface area contributed by atoms with Crippen LogP contribution in [0.5, 0.6) is 0 Å². The van der Waals surface area contributed by atoms with E-state index in [1.807, 2.05) is 6.92 Å². The lowest BCUT2D eigenvalue weighted by molar-refractivity contribution is 0.861. The molecule has 1 aliphatic rings. The van der Waals surface area contributed by atoms with Crippen LogP contribution in [-0.2, 0) is 0 Å². The van der Waals surface area contributed by atoms with E-state index in [9.17, 15) is 0 Å². The Balaban J connectivity index is 2.33. The maximum atomic E-state index is 5.87. The van der Waals surface area contributed by atoms with Crippen LogP contribution in [-0.4, -0.2) is 16.0 Å². The number of rotatable bonds is 3. The highest BCUT2D eigenvalue weighted by molar-refractivity contribution is 5.55. The van der Waals surface area contributed by atoms with Crippen molar-refractivity contribution in [1.82, 2.24) is 9.97 Å². The first-order valence-electron chi connectivity index (χ1n) is 5.48. The lowest BCUT2D eigenvalue weighted by atomic mass is 10.2. The molecule has 2 rings (SSSR count). The van der Waals surface area contributed by atoms with E-state index in [2.05, 4.69) is 29.1 Å². The van der Waals surface area contributed by atoms with Gasteiger partial charge in [0.05, 0.1) is 0 Å². The summed E-state index contributed by atoms with van der Waals surface area (Å²) in [6.07, 6.45) is 2.40. The van der Waals surface area contributed by atoms with Crippen molar-refractivity contribution in [2.24, 2.45) is 0 Å². The van der Waals surface area contributed by atoms with E-state index in [4.69, 9.17) is 5.73 Å². The van der Waals surface area contributed by atoms with E-state index >= 15 is 0 Å². The molecule has 1 heterocycles. The van der Waals surface area contributed by atoms with E-state index in [0.717, 1.165) is 17.2 Å². The van der Waals surface area contributed by atoms with Crippen LogP contribution in [0.1, 0.15) is 44.0 Å². The third-order valence-electron chi connectivity index (χ3n) is 2.57. The molecule has 82 valence electrons. The molecule has 0 bridgehead atoms. The zero-order valence-electron chi connectivity index (χ0n) is 9.54. The van der Waals surface area contributed by atoms with Crippen molar-refractivity contribution < 1.29 is 0 Å². The quantitative estimate of drug-likeness (QED) is 0.794. The van der Waals surface area contributed by atoms with E-state index < -0.39 is 0 Å². The highest BCUT2D eigenvalue weighted by atomic mass is 15.1. The molecular formula is C11H18N4. The Morgan fingerprint density at radius 3 is 2.53 bits per heavy atom.